The lowest BCUT2D eigenvalue weighted by Gasteiger charge is -2.39. The number of aliphatic hydroxyl groups excluding tert-OH is 1. The summed E-state index contributed by atoms with van der Waals surface area (Å²) >= 11 is 0. The van der Waals surface area contributed by atoms with Gasteiger partial charge < -0.3 is 9.53 Å². The van der Waals surface area contributed by atoms with Crippen LogP contribution in [0.5, 0.6) is 0 Å². The van der Waals surface area contributed by atoms with Gasteiger partial charge in [0.15, 0.2) is 8.32 Å². The molecule has 0 saturated carbocycles. The van der Waals surface area contributed by atoms with Crippen LogP contribution in [0, 0.1) is 0 Å². The van der Waals surface area contributed by atoms with E-state index in [1.165, 1.54) is 6.08 Å². The third-order valence-corrected chi connectivity index (χ3v) is 7.58. The first-order valence-corrected chi connectivity index (χ1v) is 8.01. The Balaban J connectivity index is 4.44. The van der Waals surface area contributed by atoms with Gasteiger partial charge in [0.25, 0.3) is 0 Å². The average Bonchev–Trinajstić information content (AvgIpc) is 2.00. The van der Waals surface area contributed by atoms with Crippen LogP contribution in [0.15, 0.2) is 12.7 Å². The minimum Gasteiger partial charge on any atom is -0.411 e. The fourth-order valence-corrected chi connectivity index (χ4v) is 2.33. The maximum atomic E-state index is 9.53. The maximum Gasteiger partial charge on any atom is 0.192 e. The standard InChI is InChI=1S/C11H24O2Si/c1-8-10(12)9(2)13-14(6,7)11(3,4)5/h8-10,12H,1H2,2-7H3/t9-,10+/m0/s1. The van der Waals surface area contributed by atoms with Crippen molar-refractivity contribution < 1.29 is 9.53 Å². The lowest BCUT2D eigenvalue weighted by molar-refractivity contribution is 0.0695. The van der Waals surface area contributed by atoms with Crippen LogP contribution in [0.4, 0.5) is 0 Å². The number of hydrogen-bond acceptors (Lipinski definition) is 2. The topological polar surface area (TPSA) is 29.5 Å². The molecule has 0 bridgehead atoms. The predicted molar refractivity (Wildman–Crippen MR) is 63.9 cm³/mol. The molecule has 0 fully saturated rings. The quantitative estimate of drug-likeness (QED) is 0.578. The van der Waals surface area contributed by atoms with Gasteiger partial charge in [-0.2, -0.15) is 0 Å². The van der Waals surface area contributed by atoms with Crippen LogP contribution in [0.1, 0.15) is 27.7 Å². The van der Waals surface area contributed by atoms with Crippen LogP contribution in [0.25, 0.3) is 0 Å². The second-order valence-corrected chi connectivity index (χ2v) is 10.1. The first-order valence-electron chi connectivity index (χ1n) is 5.10. The summed E-state index contributed by atoms with van der Waals surface area (Å²) < 4.78 is 5.97. The Morgan fingerprint density at radius 3 is 2.07 bits per heavy atom. The van der Waals surface area contributed by atoms with E-state index in [0.29, 0.717) is 0 Å². The molecule has 84 valence electrons. The van der Waals surface area contributed by atoms with Crippen molar-refractivity contribution >= 4 is 8.32 Å². The highest BCUT2D eigenvalue weighted by molar-refractivity contribution is 6.74. The van der Waals surface area contributed by atoms with Crippen LogP contribution in [0.3, 0.4) is 0 Å². The third kappa shape index (κ3) is 3.56. The molecule has 0 heterocycles. The van der Waals surface area contributed by atoms with Crippen LogP contribution >= 0.6 is 0 Å². The number of rotatable bonds is 4. The molecule has 14 heavy (non-hydrogen) atoms. The summed E-state index contributed by atoms with van der Waals surface area (Å²) in [4.78, 5) is 0. The molecule has 3 heteroatoms. The van der Waals surface area contributed by atoms with Gasteiger partial charge in [-0.15, -0.1) is 6.58 Å². The lowest BCUT2D eigenvalue weighted by atomic mass is 10.2. The van der Waals surface area contributed by atoms with Crippen LogP contribution in [-0.2, 0) is 4.43 Å². The van der Waals surface area contributed by atoms with E-state index in [2.05, 4.69) is 40.4 Å². The summed E-state index contributed by atoms with van der Waals surface area (Å²) in [5.74, 6) is 0. The molecule has 0 aliphatic carbocycles. The second kappa shape index (κ2) is 4.60. The molecule has 0 rings (SSSR count). The van der Waals surface area contributed by atoms with Crippen molar-refractivity contribution in [2.24, 2.45) is 0 Å². The van der Waals surface area contributed by atoms with Crippen molar-refractivity contribution in [3.8, 4) is 0 Å². The summed E-state index contributed by atoms with van der Waals surface area (Å²) in [5, 5.41) is 9.72. The van der Waals surface area contributed by atoms with Crippen molar-refractivity contribution in [3.05, 3.63) is 12.7 Å². The van der Waals surface area contributed by atoms with Crippen molar-refractivity contribution in [2.75, 3.05) is 0 Å². The van der Waals surface area contributed by atoms with E-state index in [0.717, 1.165) is 0 Å². The molecular weight excluding hydrogens is 192 g/mol. The zero-order valence-electron chi connectivity index (χ0n) is 10.3. The van der Waals surface area contributed by atoms with Gasteiger partial charge in [0.05, 0.1) is 12.2 Å². The first kappa shape index (κ1) is 13.9. The van der Waals surface area contributed by atoms with E-state index >= 15 is 0 Å². The Kier molecular flexibility index (Phi) is 4.56. The van der Waals surface area contributed by atoms with Gasteiger partial charge in [-0.1, -0.05) is 26.8 Å². The third-order valence-electron chi connectivity index (χ3n) is 3.01. The van der Waals surface area contributed by atoms with Crippen molar-refractivity contribution in [2.45, 2.75) is 58.0 Å². The molecule has 0 saturated heterocycles. The Labute approximate surface area is 89.1 Å². The molecule has 0 amide bonds. The molecule has 0 aliphatic heterocycles. The van der Waals surface area contributed by atoms with E-state index in [1.54, 1.807) is 0 Å². The SMILES string of the molecule is C=C[C@@H](O)[C@H](C)O[Si](C)(C)C(C)(C)C. The normalized spacial score (nSPS) is 17.6. The molecule has 0 spiro atoms. The van der Waals surface area contributed by atoms with Gasteiger partial charge in [-0.05, 0) is 25.1 Å². The first-order chi connectivity index (χ1) is 6.12. The minimum absolute atomic E-state index is 0.159. The van der Waals surface area contributed by atoms with Crippen molar-refractivity contribution in [1.29, 1.82) is 0 Å². The zero-order valence-corrected chi connectivity index (χ0v) is 11.3. The molecule has 0 radical (unpaired) electrons. The predicted octanol–water partition coefficient (Wildman–Crippen LogP) is 2.94. The largest absolute Gasteiger partial charge is 0.411 e. The van der Waals surface area contributed by atoms with E-state index < -0.39 is 14.4 Å². The molecule has 2 nitrogen and oxygen atoms in total. The lowest BCUT2D eigenvalue weighted by Crippen LogP contribution is -2.45. The van der Waals surface area contributed by atoms with Crippen LogP contribution in [0.2, 0.25) is 18.1 Å². The summed E-state index contributed by atoms with van der Waals surface area (Å²) in [7, 11) is -1.75. The van der Waals surface area contributed by atoms with E-state index in [4.69, 9.17) is 4.43 Å². The van der Waals surface area contributed by atoms with E-state index in [9.17, 15) is 5.11 Å². The highest BCUT2D eigenvalue weighted by Crippen LogP contribution is 2.37. The van der Waals surface area contributed by atoms with Gasteiger partial charge >= 0.3 is 0 Å². The molecule has 0 aromatic heterocycles. The van der Waals surface area contributed by atoms with E-state index in [-0.39, 0.29) is 11.1 Å². The highest BCUT2D eigenvalue weighted by atomic mass is 28.4. The molecule has 1 N–H and O–H groups in total. The van der Waals surface area contributed by atoms with Crippen LogP contribution < -0.4 is 0 Å². The number of aliphatic hydroxyl groups is 1. The molecule has 0 aromatic carbocycles. The average molecular weight is 216 g/mol. The van der Waals surface area contributed by atoms with Gasteiger partial charge in [0.1, 0.15) is 0 Å². The summed E-state index contributed by atoms with van der Waals surface area (Å²) in [6, 6.07) is 0. The zero-order chi connectivity index (χ0) is 11.6. The van der Waals surface area contributed by atoms with Crippen molar-refractivity contribution in [3.63, 3.8) is 0 Å². The monoisotopic (exact) mass is 216 g/mol. The van der Waals surface area contributed by atoms with E-state index in [1.807, 2.05) is 6.92 Å². The van der Waals surface area contributed by atoms with Crippen molar-refractivity contribution in [1.82, 2.24) is 0 Å². The molecule has 0 aromatic rings. The molecular formula is C11H24O2Si. The molecule has 0 aliphatic rings. The minimum atomic E-state index is -1.75. The Hall–Kier alpha value is -0.123. The second-order valence-electron chi connectivity index (χ2n) is 5.31. The Bertz CT molecular complexity index is 194. The highest BCUT2D eigenvalue weighted by Gasteiger charge is 2.39. The van der Waals surface area contributed by atoms with Crippen LogP contribution in [-0.4, -0.2) is 25.6 Å². The Morgan fingerprint density at radius 1 is 1.36 bits per heavy atom. The fourth-order valence-electron chi connectivity index (χ4n) is 0.903. The fraction of sp³-hybridized carbons (Fsp3) is 0.818. The van der Waals surface area contributed by atoms with Gasteiger partial charge in [0.2, 0.25) is 0 Å². The molecule has 2 atom stereocenters. The Morgan fingerprint density at radius 2 is 1.79 bits per heavy atom. The summed E-state index contributed by atoms with van der Waals surface area (Å²) in [6.45, 7) is 16.4. The van der Waals surface area contributed by atoms with Gasteiger partial charge in [0, 0.05) is 0 Å². The van der Waals surface area contributed by atoms with Gasteiger partial charge in [-0.3, -0.25) is 0 Å². The summed E-state index contributed by atoms with van der Waals surface area (Å²) in [6.07, 6.45) is 0.801. The molecule has 0 unspecified atom stereocenters. The maximum absolute atomic E-state index is 9.53. The smallest absolute Gasteiger partial charge is 0.192 e. The summed E-state index contributed by atoms with van der Waals surface area (Å²) in [5.41, 5.74) is 0. The number of hydrogen-bond donors (Lipinski definition) is 1. The van der Waals surface area contributed by atoms with Gasteiger partial charge in [-0.25, -0.2) is 0 Å².